The Morgan fingerprint density at radius 2 is 1.72 bits per heavy atom. The molecular formula is C19H35O5P. The van der Waals surface area contributed by atoms with Crippen molar-refractivity contribution in [2.75, 3.05) is 20.4 Å². The first-order valence-electron chi connectivity index (χ1n) is 9.61. The van der Waals surface area contributed by atoms with Gasteiger partial charge in [-0.05, 0) is 25.7 Å². The zero-order chi connectivity index (χ0) is 18.7. The van der Waals surface area contributed by atoms with E-state index in [1.807, 2.05) is 0 Å². The Kier molecular flexibility index (Phi) is 10.4. The Morgan fingerprint density at radius 1 is 1.12 bits per heavy atom. The first kappa shape index (κ1) is 22.2. The molecule has 0 N–H and O–H groups in total. The lowest BCUT2D eigenvalue weighted by atomic mass is 9.89. The molecule has 0 aliphatic carbocycles. The van der Waals surface area contributed by atoms with Crippen molar-refractivity contribution in [3.05, 3.63) is 11.3 Å². The molecule has 1 rings (SSSR count). The molecule has 0 radical (unpaired) electrons. The molecule has 25 heavy (non-hydrogen) atoms. The van der Waals surface area contributed by atoms with E-state index in [0.717, 1.165) is 12.8 Å². The van der Waals surface area contributed by atoms with Gasteiger partial charge in [0, 0.05) is 7.11 Å². The predicted octanol–water partition coefficient (Wildman–Crippen LogP) is 5.84. The third kappa shape index (κ3) is 7.53. The molecule has 0 aromatic heterocycles. The second-order valence-electron chi connectivity index (χ2n) is 6.82. The Bertz CT molecular complexity index is 486. The lowest BCUT2D eigenvalue weighted by molar-refractivity contribution is -0.137. The van der Waals surface area contributed by atoms with E-state index >= 15 is 0 Å². The Balaban J connectivity index is 2.56. The summed E-state index contributed by atoms with van der Waals surface area (Å²) in [5.74, 6) is 0.0317. The topological polar surface area (TPSA) is 61.8 Å². The van der Waals surface area contributed by atoms with E-state index in [9.17, 15) is 9.36 Å². The number of methoxy groups -OCH3 is 1. The number of carbonyl (C=O) groups excluding carboxylic acids is 1. The lowest BCUT2D eigenvalue weighted by Gasteiger charge is -2.17. The van der Waals surface area contributed by atoms with Crippen molar-refractivity contribution in [2.24, 2.45) is 5.92 Å². The molecule has 6 heteroatoms. The van der Waals surface area contributed by atoms with Crippen molar-refractivity contribution in [1.29, 1.82) is 0 Å². The molecule has 0 saturated carbocycles. The second-order valence-corrected chi connectivity index (χ2v) is 9.04. The van der Waals surface area contributed by atoms with Crippen LogP contribution in [0.15, 0.2) is 11.3 Å². The summed E-state index contributed by atoms with van der Waals surface area (Å²) in [4.78, 5) is 12.2. The average Bonchev–Trinajstić information content (AvgIpc) is 2.73. The van der Waals surface area contributed by atoms with E-state index in [1.54, 1.807) is 6.92 Å². The van der Waals surface area contributed by atoms with Crippen molar-refractivity contribution in [3.8, 4) is 0 Å². The number of unbranched alkanes of at least 4 members (excludes halogenated alkanes) is 7. The fraction of sp³-hybridized carbons (Fsp3) is 0.842. The van der Waals surface area contributed by atoms with Crippen LogP contribution >= 0.6 is 7.60 Å². The number of rotatable bonds is 11. The molecule has 1 heterocycles. The first-order chi connectivity index (χ1) is 12.0. The van der Waals surface area contributed by atoms with Crippen molar-refractivity contribution < 1.29 is 23.1 Å². The maximum atomic E-state index is 12.5. The molecular weight excluding hydrogens is 339 g/mol. The fourth-order valence-electron chi connectivity index (χ4n) is 3.41. The minimum atomic E-state index is -3.15. The number of ether oxygens (including phenoxy) is 1. The average molecular weight is 374 g/mol. The standard InChI is InChI=1S/C19H35O5P/c1-5-6-7-8-9-10-11-12-13-17-14-15-25(21,23-4)24-16(2)18(17)19(20)22-3/h17H,5-15H2,1-4H3/t17-,25+/m1/s1. The molecule has 0 bridgehead atoms. The third-order valence-corrected chi connectivity index (χ3v) is 6.82. The van der Waals surface area contributed by atoms with Gasteiger partial charge in [-0.25, -0.2) is 9.36 Å². The van der Waals surface area contributed by atoms with Crippen molar-refractivity contribution >= 4 is 13.6 Å². The molecule has 0 spiro atoms. The van der Waals surface area contributed by atoms with Crippen LogP contribution in [0.25, 0.3) is 0 Å². The van der Waals surface area contributed by atoms with Gasteiger partial charge in [-0.2, -0.15) is 0 Å². The van der Waals surface area contributed by atoms with E-state index in [2.05, 4.69) is 6.92 Å². The van der Waals surface area contributed by atoms with Crippen LogP contribution in [-0.2, 0) is 23.1 Å². The number of esters is 1. The summed E-state index contributed by atoms with van der Waals surface area (Å²) in [6, 6.07) is 0. The molecule has 2 atom stereocenters. The van der Waals surface area contributed by atoms with E-state index in [0.29, 0.717) is 23.9 Å². The van der Waals surface area contributed by atoms with Crippen LogP contribution in [0.1, 0.15) is 78.1 Å². The number of hydrogen-bond donors (Lipinski definition) is 0. The summed E-state index contributed by atoms with van der Waals surface area (Å²) in [6.07, 6.45) is 11.8. The molecule has 0 fully saturated rings. The largest absolute Gasteiger partial charge is 0.466 e. The lowest BCUT2D eigenvalue weighted by Crippen LogP contribution is -2.16. The summed E-state index contributed by atoms with van der Waals surface area (Å²) in [5, 5.41) is 0. The molecule has 146 valence electrons. The SMILES string of the molecule is CCCCCCCCCC[C@@H]1CC[P@](=O)(OC)OC(C)=C1C(=O)OC. The van der Waals surface area contributed by atoms with E-state index in [1.165, 1.54) is 59.2 Å². The van der Waals surface area contributed by atoms with Gasteiger partial charge in [0.2, 0.25) is 0 Å². The van der Waals surface area contributed by atoms with Crippen LogP contribution in [0.3, 0.4) is 0 Å². The van der Waals surface area contributed by atoms with Crippen LogP contribution in [0.5, 0.6) is 0 Å². The maximum absolute atomic E-state index is 12.5. The van der Waals surface area contributed by atoms with Crippen LogP contribution in [0, 0.1) is 5.92 Å². The van der Waals surface area contributed by atoms with Crippen LogP contribution in [-0.4, -0.2) is 26.4 Å². The van der Waals surface area contributed by atoms with Gasteiger partial charge in [0.05, 0.1) is 18.8 Å². The van der Waals surface area contributed by atoms with Gasteiger partial charge in [-0.1, -0.05) is 58.3 Å². The highest BCUT2D eigenvalue weighted by Crippen LogP contribution is 2.54. The van der Waals surface area contributed by atoms with Crippen LogP contribution in [0.4, 0.5) is 0 Å². The second kappa shape index (κ2) is 11.7. The smallest absolute Gasteiger partial charge is 0.378 e. The van der Waals surface area contributed by atoms with Gasteiger partial charge >= 0.3 is 13.6 Å². The molecule has 0 aromatic rings. The summed E-state index contributed by atoms with van der Waals surface area (Å²) >= 11 is 0. The van der Waals surface area contributed by atoms with Gasteiger partial charge in [0.15, 0.2) is 0 Å². The molecule has 1 aliphatic rings. The van der Waals surface area contributed by atoms with E-state index < -0.39 is 7.60 Å². The Hall–Kier alpha value is -0.800. The minimum Gasteiger partial charge on any atom is -0.466 e. The van der Waals surface area contributed by atoms with Gasteiger partial charge < -0.3 is 13.8 Å². The minimum absolute atomic E-state index is 0.0264. The highest BCUT2D eigenvalue weighted by molar-refractivity contribution is 7.53. The van der Waals surface area contributed by atoms with Crippen LogP contribution in [0.2, 0.25) is 0 Å². The Morgan fingerprint density at radius 3 is 2.28 bits per heavy atom. The quantitative estimate of drug-likeness (QED) is 0.258. The van der Waals surface area contributed by atoms with E-state index in [4.69, 9.17) is 13.8 Å². The van der Waals surface area contributed by atoms with Crippen LogP contribution < -0.4 is 0 Å². The van der Waals surface area contributed by atoms with Crippen molar-refractivity contribution in [2.45, 2.75) is 78.1 Å². The van der Waals surface area contributed by atoms with Crippen molar-refractivity contribution in [1.82, 2.24) is 0 Å². The zero-order valence-corrected chi connectivity index (χ0v) is 17.2. The summed E-state index contributed by atoms with van der Waals surface area (Å²) in [5.41, 5.74) is 0.528. The molecule has 0 saturated heterocycles. The van der Waals surface area contributed by atoms with Gasteiger partial charge in [0.25, 0.3) is 0 Å². The highest BCUT2D eigenvalue weighted by Gasteiger charge is 2.35. The Labute approximate surface area is 153 Å². The predicted molar refractivity (Wildman–Crippen MR) is 101 cm³/mol. The fourth-order valence-corrected chi connectivity index (χ4v) is 4.90. The van der Waals surface area contributed by atoms with E-state index in [-0.39, 0.29) is 11.9 Å². The first-order valence-corrected chi connectivity index (χ1v) is 11.3. The number of hydrogen-bond acceptors (Lipinski definition) is 5. The zero-order valence-electron chi connectivity index (χ0n) is 16.3. The molecule has 0 unspecified atom stereocenters. The number of carbonyl (C=O) groups is 1. The summed E-state index contributed by atoms with van der Waals surface area (Å²) in [6.45, 7) is 3.91. The third-order valence-electron chi connectivity index (χ3n) is 4.90. The normalized spacial score (nSPS) is 23.9. The monoisotopic (exact) mass is 374 g/mol. The van der Waals surface area contributed by atoms with Gasteiger partial charge in [0.1, 0.15) is 5.76 Å². The van der Waals surface area contributed by atoms with Crippen molar-refractivity contribution in [3.63, 3.8) is 0 Å². The summed E-state index contributed by atoms with van der Waals surface area (Å²) in [7, 11) is -0.380. The van der Waals surface area contributed by atoms with Gasteiger partial charge in [-0.3, -0.25) is 0 Å². The maximum Gasteiger partial charge on any atom is 0.378 e. The molecule has 5 nitrogen and oxygen atoms in total. The summed E-state index contributed by atoms with van der Waals surface area (Å²) < 4.78 is 28.0. The highest BCUT2D eigenvalue weighted by atomic mass is 31.2. The molecule has 0 amide bonds. The number of allylic oxidation sites excluding steroid dienone is 1. The molecule has 0 aromatic carbocycles. The molecule has 1 aliphatic heterocycles. The van der Waals surface area contributed by atoms with Gasteiger partial charge in [-0.15, -0.1) is 0 Å².